The Labute approximate surface area is 101 Å². The van der Waals surface area contributed by atoms with E-state index in [0.717, 1.165) is 12.1 Å². The van der Waals surface area contributed by atoms with Crippen molar-refractivity contribution in [2.45, 2.75) is 6.42 Å². The van der Waals surface area contributed by atoms with Crippen LogP contribution in [0.1, 0.15) is 6.42 Å². The van der Waals surface area contributed by atoms with E-state index in [-0.39, 0.29) is 18.0 Å². The van der Waals surface area contributed by atoms with Crippen molar-refractivity contribution >= 4 is 29.2 Å². The molecule has 0 saturated heterocycles. The fourth-order valence-corrected chi connectivity index (χ4v) is 1.19. The maximum absolute atomic E-state index is 13.1. The van der Waals surface area contributed by atoms with Crippen LogP contribution in [0.4, 0.5) is 19.3 Å². The molecular weight excluding hydrogens is 254 g/mol. The molecule has 0 radical (unpaired) electrons. The van der Waals surface area contributed by atoms with Crippen LogP contribution < -0.4 is 10.6 Å². The number of rotatable bonds is 3. The molecule has 1 aromatic rings. The van der Waals surface area contributed by atoms with Crippen molar-refractivity contribution < 1.29 is 18.4 Å². The molecule has 0 aliphatic heterocycles. The van der Waals surface area contributed by atoms with Crippen molar-refractivity contribution in [3.8, 4) is 0 Å². The van der Waals surface area contributed by atoms with E-state index in [1.165, 1.54) is 0 Å². The highest BCUT2D eigenvalue weighted by Crippen LogP contribution is 2.14. The molecule has 92 valence electrons. The van der Waals surface area contributed by atoms with Gasteiger partial charge in [-0.25, -0.2) is 13.6 Å². The quantitative estimate of drug-likeness (QED) is 0.821. The Bertz CT molecular complexity index is 440. The van der Waals surface area contributed by atoms with Gasteiger partial charge >= 0.3 is 6.03 Å². The van der Waals surface area contributed by atoms with Gasteiger partial charge in [0, 0.05) is 18.4 Å². The van der Waals surface area contributed by atoms with Crippen molar-refractivity contribution in [3.63, 3.8) is 0 Å². The normalized spacial score (nSPS) is 9.82. The van der Waals surface area contributed by atoms with Gasteiger partial charge in [0.15, 0.2) is 0 Å². The fraction of sp³-hybridized carbons (Fsp3) is 0.200. The van der Waals surface area contributed by atoms with Gasteiger partial charge in [0.25, 0.3) is 0 Å². The number of urea groups is 1. The summed E-state index contributed by atoms with van der Waals surface area (Å²) in [5, 5.41) is 4.01. The first-order valence-corrected chi connectivity index (χ1v) is 5.18. The van der Waals surface area contributed by atoms with Gasteiger partial charge in [0.2, 0.25) is 5.91 Å². The topological polar surface area (TPSA) is 58.2 Å². The number of hydrogen-bond acceptors (Lipinski definition) is 2. The lowest BCUT2D eigenvalue weighted by atomic mass is 10.3. The summed E-state index contributed by atoms with van der Waals surface area (Å²) in [6.07, 6.45) is -0.0269. The largest absolute Gasteiger partial charge is 0.325 e. The summed E-state index contributed by atoms with van der Waals surface area (Å²) in [5.41, 5.74) is -0.220. The van der Waals surface area contributed by atoms with Gasteiger partial charge in [0.05, 0.1) is 5.69 Å². The minimum Gasteiger partial charge on any atom is -0.305 e. The van der Waals surface area contributed by atoms with Crippen molar-refractivity contribution in [3.05, 3.63) is 29.8 Å². The van der Waals surface area contributed by atoms with Crippen LogP contribution in [0.25, 0.3) is 0 Å². The zero-order valence-electron chi connectivity index (χ0n) is 8.60. The average molecular weight is 263 g/mol. The first kappa shape index (κ1) is 13.4. The number of anilines is 1. The highest BCUT2D eigenvalue weighted by atomic mass is 35.5. The van der Waals surface area contributed by atoms with Crippen molar-refractivity contribution in [1.82, 2.24) is 5.32 Å². The Hall–Kier alpha value is -1.69. The number of carbonyl (C=O) groups excluding carboxylic acids is 2. The Morgan fingerprint density at radius 1 is 1.29 bits per heavy atom. The van der Waals surface area contributed by atoms with Crippen LogP contribution in [0, 0.1) is 11.6 Å². The molecule has 0 bridgehead atoms. The predicted molar refractivity (Wildman–Crippen MR) is 58.9 cm³/mol. The molecule has 0 fully saturated rings. The summed E-state index contributed by atoms with van der Waals surface area (Å²) in [5.74, 6) is -2.19. The van der Waals surface area contributed by atoms with Crippen LogP contribution in [0.15, 0.2) is 18.2 Å². The molecule has 0 atom stereocenters. The number of amides is 3. The SMILES string of the molecule is O=C(CCCl)NC(=O)Nc1ccc(F)cc1F. The lowest BCUT2D eigenvalue weighted by Gasteiger charge is -2.06. The molecule has 2 N–H and O–H groups in total. The Kier molecular flexibility index (Phi) is 4.84. The van der Waals surface area contributed by atoms with E-state index in [0.29, 0.717) is 6.07 Å². The Morgan fingerprint density at radius 3 is 2.59 bits per heavy atom. The molecular formula is C10H9ClF2N2O2. The fourth-order valence-electron chi connectivity index (χ4n) is 1.02. The van der Waals surface area contributed by atoms with Crippen LogP contribution in [0.2, 0.25) is 0 Å². The molecule has 0 aliphatic carbocycles. The molecule has 0 aromatic heterocycles. The lowest BCUT2D eigenvalue weighted by molar-refractivity contribution is -0.119. The maximum atomic E-state index is 13.1. The number of nitrogens with one attached hydrogen (secondary N) is 2. The minimum absolute atomic E-state index is 0.0269. The monoisotopic (exact) mass is 262 g/mol. The van der Waals surface area contributed by atoms with Gasteiger partial charge in [-0.3, -0.25) is 10.1 Å². The van der Waals surface area contributed by atoms with Gasteiger partial charge in [-0.2, -0.15) is 0 Å². The number of halogens is 3. The molecule has 1 aromatic carbocycles. The summed E-state index contributed by atoms with van der Waals surface area (Å²) in [7, 11) is 0. The van der Waals surface area contributed by atoms with E-state index >= 15 is 0 Å². The zero-order chi connectivity index (χ0) is 12.8. The van der Waals surface area contributed by atoms with E-state index < -0.39 is 23.6 Å². The van der Waals surface area contributed by atoms with Crippen molar-refractivity contribution in [2.75, 3.05) is 11.2 Å². The second-order valence-corrected chi connectivity index (χ2v) is 3.44. The molecule has 7 heteroatoms. The van der Waals surface area contributed by atoms with E-state index in [4.69, 9.17) is 11.6 Å². The first-order chi connectivity index (χ1) is 8.02. The van der Waals surface area contributed by atoms with Crippen LogP contribution >= 0.6 is 11.6 Å². The highest BCUT2D eigenvalue weighted by molar-refractivity contribution is 6.19. The number of carbonyl (C=O) groups is 2. The molecule has 0 heterocycles. The number of hydrogen-bond donors (Lipinski definition) is 2. The molecule has 0 aliphatic rings. The van der Waals surface area contributed by atoms with Gasteiger partial charge < -0.3 is 5.32 Å². The van der Waals surface area contributed by atoms with Crippen LogP contribution in [-0.2, 0) is 4.79 Å². The third kappa shape index (κ3) is 4.36. The Morgan fingerprint density at radius 2 is 2.00 bits per heavy atom. The number of imide groups is 1. The first-order valence-electron chi connectivity index (χ1n) is 4.65. The third-order valence-electron chi connectivity index (χ3n) is 1.75. The van der Waals surface area contributed by atoms with Crippen molar-refractivity contribution in [1.29, 1.82) is 0 Å². The molecule has 3 amide bonds. The zero-order valence-corrected chi connectivity index (χ0v) is 9.35. The van der Waals surface area contributed by atoms with E-state index in [1.54, 1.807) is 0 Å². The van der Waals surface area contributed by atoms with E-state index in [9.17, 15) is 18.4 Å². The second-order valence-electron chi connectivity index (χ2n) is 3.07. The Balaban J connectivity index is 2.59. The summed E-state index contributed by atoms with van der Waals surface area (Å²) < 4.78 is 25.7. The second kappa shape index (κ2) is 6.15. The highest BCUT2D eigenvalue weighted by Gasteiger charge is 2.10. The van der Waals surface area contributed by atoms with Gasteiger partial charge in [-0.1, -0.05) is 0 Å². The standard InChI is InChI=1S/C10H9ClF2N2O2/c11-4-3-9(16)15-10(17)14-8-2-1-6(12)5-7(8)13/h1-2,5H,3-4H2,(H2,14,15,16,17). The predicted octanol–water partition coefficient (Wildman–Crippen LogP) is 2.24. The molecule has 1 rings (SSSR count). The van der Waals surface area contributed by atoms with E-state index in [2.05, 4.69) is 5.32 Å². The maximum Gasteiger partial charge on any atom is 0.325 e. The summed E-state index contributed by atoms with van der Waals surface area (Å²) in [4.78, 5) is 22.2. The molecule has 0 spiro atoms. The number of alkyl halides is 1. The van der Waals surface area contributed by atoms with Crippen LogP contribution in [0.5, 0.6) is 0 Å². The van der Waals surface area contributed by atoms with Crippen molar-refractivity contribution in [2.24, 2.45) is 0 Å². The summed E-state index contributed by atoms with van der Waals surface area (Å²) in [6.45, 7) is 0. The van der Waals surface area contributed by atoms with E-state index in [1.807, 2.05) is 5.32 Å². The van der Waals surface area contributed by atoms with Gasteiger partial charge in [-0.15, -0.1) is 11.6 Å². The van der Waals surface area contributed by atoms with Crippen LogP contribution in [0.3, 0.4) is 0 Å². The smallest absolute Gasteiger partial charge is 0.305 e. The lowest BCUT2D eigenvalue weighted by Crippen LogP contribution is -2.34. The molecule has 0 saturated carbocycles. The average Bonchev–Trinajstić information content (AvgIpc) is 2.22. The summed E-state index contributed by atoms with van der Waals surface area (Å²) in [6, 6.07) is 1.76. The van der Waals surface area contributed by atoms with Gasteiger partial charge in [-0.05, 0) is 12.1 Å². The molecule has 17 heavy (non-hydrogen) atoms. The minimum atomic E-state index is -0.926. The van der Waals surface area contributed by atoms with Crippen LogP contribution in [-0.4, -0.2) is 17.8 Å². The molecule has 0 unspecified atom stereocenters. The number of benzene rings is 1. The molecule has 4 nitrogen and oxygen atoms in total. The summed E-state index contributed by atoms with van der Waals surface area (Å²) >= 11 is 5.29. The third-order valence-corrected chi connectivity index (χ3v) is 1.94. The van der Waals surface area contributed by atoms with Gasteiger partial charge in [0.1, 0.15) is 11.6 Å².